The lowest BCUT2D eigenvalue weighted by atomic mass is 9.92. The highest BCUT2D eigenvalue weighted by atomic mass is 35.5. The molecular formula is C12H12ClN3. The van der Waals surface area contributed by atoms with E-state index in [0.717, 1.165) is 30.2 Å². The molecule has 2 heterocycles. The van der Waals surface area contributed by atoms with Crippen molar-refractivity contribution in [2.45, 2.75) is 25.3 Å². The van der Waals surface area contributed by atoms with E-state index in [0.29, 0.717) is 5.92 Å². The molecule has 0 saturated heterocycles. The average molecular weight is 234 g/mol. The first-order valence-corrected chi connectivity index (χ1v) is 5.83. The fourth-order valence-electron chi connectivity index (χ4n) is 2.26. The molecule has 0 aliphatic carbocycles. The van der Waals surface area contributed by atoms with Gasteiger partial charge in [0.05, 0.1) is 0 Å². The minimum absolute atomic E-state index is 0.556. The van der Waals surface area contributed by atoms with Crippen LogP contribution in [0.25, 0.3) is 0 Å². The van der Waals surface area contributed by atoms with Crippen LogP contribution >= 0.6 is 11.6 Å². The molecule has 1 aromatic carbocycles. The number of aromatic nitrogens is 3. The number of nitrogens with zero attached hydrogens (tertiary/aromatic N) is 3. The molecule has 0 radical (unpaired) electrons. The van der Waals surface area contributed by atoms with Crippen LogP contribution in [0.2, 0.25) is 5.02 Å². The van der Waals surface area contributed by atoms with Crippen molar-refractivity contribution in [3.8, 4) is 0 Å². The van der Waals surface area contributed by atoms with Crippen LogP contribution in [0.1, 0.15) is 23.7 Å². The maximum atomic E-state index is 5.89. The first kappa shape index (κ1) is 9.85. The van der Waals surface area contributed by atoms with Crippen LogP contribution in [0.15, 0.2) is 30.6 Å². The zero-order chi connectivity index (χ0) is 11.0. The van der Waals surface area contributed by atoms with Gasteiger partial charge in [-0.05, 0) is 24.1 Å². The maximum absolute atomic E-state index is 5.89. The van der Waals surface area contributed by atoms with Gasteiger partial charge in [0.1, 0.15) is 12.2 Å². The number of fused-ring (bicyclic) bond motifs is 1. The Bertz CT molecular complexity index is 489. The number of hydrogen-bond acceptors (Lipinski definition) is 2. The third-order valence-electron chi connectivity index (χ3n) is 3.17. The summed E-state index contributed by atoms with van der Waals surface area (Å²) in [7, 11) is 0. The second kappa shape index (κ2) is 3.91. The van der Waals surface area contributed by atoms with Crippen molar-refractivity contribution in [1.82, 2.24) is 14.8 Å². The Kier molecular flexibility index (Phi) is 2.40. The van der Waals surface area contributed by atoms with Crippen LogP contribution in [-0.2, 0) is 13.0 Å². The van der Waals surface area contributed by atoms with Crippen molar-refractivity contribution in [3.63, 3.8) is 0 Å². The highest BCUT2D eigenvalue weighted by Crippen LogP contribution is 2.28. The van der Waals surface area contributed by atoms with Gasteiger partial charge in [0, 0.05) is 23.9 Å². The zero-order valence-corrected chi connectivity index (χ0v) is 9.56. The van der Waals surface area contributed by atoms with Gasteiger partial charge in [-0.1, -0.05) is 23.7 Å². The Morgan fingerprint density at radius 1 is 1.25 bits per heavy atom. The summed E-state index contributed by atoms with van der Waals surface area (Å²) in [5, 5.41) is 8.82. The zero-order valence-electron chi connectivity index (χ0n) is 8.81. The molecule has 82 valence electrons. The quantitative estimate of drug-likeness (QED) is 0.758. The van der Waals surface area contributed by atoms with E-state index in [4.69, 9.17) is 11.6 Å². The number of hydrogen-bond donors (Lipinski definition) is 0. The average Bonchev–Trinajstić information content (AvgIpc) is 2.77. The van der Waals surface area contributed by atoms with Gasteiger partial charge in [-0.15, -0.1) is 10.2 Å². The van der Waals surface area contributed by atoms with Crippen LogP contribution in [-0.4, -0.2) is 14.8 Å². The van der Waals surface area contributed by atoms with Crippen LogP contribution in [0.5, 0.6) is 0 Å². The smallest absolute Gasteiger partial charge is 0.132 e. The topological polar surface area (TPSA) is 30.7 Å². The molecule has 1 aromatic heterocycles. The van der Waals surface area contributed by atoms with E-state index in [9.17, 15) is 0 Å². The molecule has 0 fully saturated rings. The Morgan fingerprint density at radius 2 is 2.06 bits per heavy atom. The molecule has 2 aromatic rings. The van der Waals surface area contributed by atoms with E-state index in [1.807, 2.05) is 18.5 Å². The molecule has 1 unspecified atom stereocenters. The van der Waals surface area contributed by atoms with Crippen molar-refractivity contribution in [3.05, 3.63) is 47.0 Å². The van der Waals surface area contributed by atoms with Crippen LogP contribution < -0.4 is 0 Å². The second-order valence-electron chi connectivity index (χ2n) is 4.19. The van der Waals surface area contributed by atoms with Gasteiger partial charge in [-0.25, -0.2) is 0 Å². The van der Waals surface area contributed by atoms with Gasteiger partial charge >= 0.3 is 0 Å². The highest BCUT2D eigenvalue weighted by Gasteiger charge is 2.20. The summed E-state index contributed by atoms with van der Waals surface area (Å²) in [5.41, 5.74) is 1.35. The molecule has 3 rings (SSSR count). The van der Waals surface area contributed by atoms with Crippen molar-refractivity contribution in [1.29, 1.82) is 0 Å². The van der Waals surface area contributed by atoms with Gasteiger partial charge in [0.25, 0.3) is 0 Å². The molecule has 1 aliphatic rings. The van der Waals surface area contributed by atoms with E-state index in [-0.39, 0.29) is 0 Å². The Balaban J connectivity index is 1.86. The Labute approximate surface area is 99.1 Å². The molecule has 3 nitrogen and oxygen atoms in total. The number of rotatable bonds is 1. The molecule has 16 heavy (non-hydrogen) atoms. The summed E-state index contributed by atoms with van der Waals surface area (Å²) >= 11 is 5.89. The molecule has 1 atom stereocenters. The summed E-state index contributed by atoms with van der Waals surface area (Å²) in [6.07, 6.45) is 3.96. The minimum atomic E-state index is 0.556. The Hall–Kier alpha value is -1.35. The molecule has 0 saturated carbocycles. The van der Waals surface area contributed by atoms with Gasteiger partial charge < -0.3 is 4.57 Å². The fraction of sp³-hybridized carbons (Fsp3) is 0.333. The van der Waals surface area contributed by atoms with Crippen LogP contribution in [0, 0.1) is 0 Å². The van der Waals surface area contributed by atoms with E-state index in [2.05, 4.69) is 26.9 Å². The summed E-state index contributed by atoms with van der Waals surface area (Å²) in [4.78, 5) is 0. The molecule has 0 spiro atoms. The normalized spacial score (nSPS) is 19.4. The summed E-state index contributed by atoms with van der Waals surface area (Å²) < 4.78 is 2.14. The number of halogens is 1. The van der Waals surface area contributed by atoms with Crippen molar-refractivity contribution in [2.24, 2.45) is 0 Å². The standard InChI is InChI=1S/C12H12ClN3/c13-11-4-1-9(2-5-11)10-3-6-12-15-14-8-16(12)7-10/h1-2,4-5,8,10H,3,6-7H2. The van der Waals surface area contributed by atoms with E-state index >= 15 is 0 Å². The number of aryl methyl sites for hydroxylation is 1. The third kappa shape index (κ3) is 1.71. The first-order chi connectivity index (χ1) is 7.83. The van der Waals surface area contributed by atoms with Gasteiger partial charge in [0.2, 0.25) is 0 Å². The molecule has 0 amide bonds. The highest BCUT2D eigenvalue weighted by molar-refractivity contribution is 6.30. The predicted octanol–water partition coefficient (Wildman–Crippen LogP) is 2.66. The lowest BCUT2D eigenvalue weighted by molar-refractivity contribution is 0.456. The number of benzene rings is 1. The van der Waals surface area contributed by atoms with Crippen LogP contribution in [0.3, 0.4) is 0 Å². The summed E-state index contributed by atoms with van der Waals surface area (Å²) in [5.74, 6) is 1.66. The molecule has 0 N–H and O–H groups in total. The SMILES string of the molecule is Clc1ccc(C2CCc3nncn3C2)cc1. The van der Waals surface area contributed by atoms with Crippen LogP contribution in [0.4, 0.5) is 0 Å². The summed E-state index contributed by atoms with van der Waals surface area (Å²) in [6.45, 7) is 0.976. The van der Waals surface area contributed by atoms with Gasteiger partial charge in [0.15, 0.2) is 0 Å². The largest absolute Gasteiger partial charge is 0.317 e. The lowest BCUT2D eigenvalue weighted by Gasteiger charge is -2.23. The van der Waals surface area contributed by atoms with Crippen molar-refractivity contribution >= 4 is 11.6 Å². The summed E-state index contributed by atoms with van der Waals surface area (Å²) in [6, 6.07) is 8.14. The molecule has 4 heteroatoms. The first-order valence-electron chi connectivity index (χ1n) is 5.45. The lowest BCUT2D eigenvalue weighted by Crippen LogP contribution is -2.18. The fourth-order valence-corrected chi connectivity index (χ4v) is 2.39. The van der Waals surface area contributed by atoms with Crippen molar-refractivity contribution < 1.29 is 0 Å². The van der Waals surface area contributed by atoms with Crippen molar-refractivity contribution in [2.75, 3.05) is 0 Å². The van der Waals surface area contributed by atoms with E-state index in [1.54, 1.807) is 0 Å². The molecule has 0 bridgehead atoms. The molecular weight excluding hydrogens is 222 g/mol. The molecule has 1 aliphatic heterocycles. The Morgan fingerprint density at radius 3 is 2.88 bits per heavy atom. The van der Waals surface area contributed by atoms with Gasteiger partial charge in [-0.3, -0.25) is 0 Å². The third-order valence-corrected chi connectivity index (χ3v) is 3.42. The minimum Gasteiger partial charge on any atom is -0.317 e. The monoisotopic (exact) mass is 233 g/mol. The van der Waals surface area contributed by atoms with E-state index < -0.39 is 0 Å². The van der Waals surface area contributed by atoms with Gasteiger partial charge in [-0.2, -0.15) is 0 Å². The predicted molar refractivity (Wildman–Crippen MR) is 62.5 cm³/mol. The van der Waals surface area contributed by atoms with E-state index in [1.165, 1.54) is 5.56 Å². The second-order valence-corrected chi connectivity index (χ2v) is 4.62. The maximum Gasteiger partial charge on any atom is 0.132 e.